The van der Waals surface area contributed by atoms with Gasteiger partial charge in [0.2, 0.25) is 5.91 Å². The molecule has 0 rings (SSSR count). The molecule has 0 aliphatic carbocycles. The first-order valence-electron chi connectivity index (χ1n) is 6.54. The van der Waals surface area contributed by atoms with Crippen molar-refractivity contribution in [1.82, 2.24) is 15.5 Å². The van der Waals surface area contributed by atoms with E-state index < -0.39 is 0 Å². The van der Waals surface area contributed by atoms with Gasteiger partial charge in [-0.05, 0) is 46.4 Å². The maximum absolute atomic E-state index is 11.7. The lowest BCUT2D eigenvalue weighted by molar-refractivity contribution is -0.122. The van der Waals surface area contributed by atoms with Crippen LogP contribution in [0.2, 0.25) is 0 Å². The number of nitrogens with zero attached hydrogens (tertiary/aromatic N) is 1. The molecule has 102 valence electrons. The van der Waals surface area contributed by atoms with E-state index in [-0.39, 0.29) is 11.9 Å². The lowest BCUT2D eigenvalue weighted by Crippen LogP contribution is -2.42. The fraction of sp³-hybridized carbons (Fsp3) is 0.923. The van der Waals surface area contributed by atoms with Crippen molar-refractivity contribution in [3.63, 3.8) is 0 Å². The van der Waals surface area contributed by atoms with E-state index in [1.807, 2.05) is 21.1 Å². The highest BCUT2D eigenvalue weighted by atomic mass is 16.1. The maximum atomic E-state index is 11.7. The molecule has 0 radical (unpaired) electrons. The molecule has 0 aromatic carbocycles. The van der Waals surface area contributed by atoms with Crippen molar-refractivity contribution in [1.29, 1.82) is 0 Å². The van der Waals surface area contributed by atoms with Crippen LogP contribution in [0.1, 0.15) is 33.1 Å². The molecule has 0 bridgehead atoms. The van der Waals surface area contributed by atoms with E-state index in [1.165, 1.54) is 0 Å². The highest BCUT2D eigenvalue weighted by Gasteiger charge is 2.14. The maximum Gasteiger partial charge on any atom is 0.220 e. The second-order valence-electron chi connectivity index (χ2n) is 5.36. The zero-order chi connectivity index (χ0) is 13.3. The smallest absolute Gasteiger partial charge is 0.220 e. The van der Waals surface area contributed by atoms with Gasteiger partial charge in [-0.15, -0.1) is 0 Å². The largest absolute Gasteiger partial charge is 0.352 e. The second kappa shape index (κ2) is 9.42. The van der Waals surface area contributed by atoms with Crippen molar-refractivity contribution in [2.45, 2.75) is 39.2 Å². The third-order valence-corrected chi connectivity index (χ3v) is 2.54. The van der Waals surface area contributed by atoms with Crippen LogP contribution in [-0.4, -0.2) is 51.1 Å². The number of amides is 1. The molecule has 17 heavy (non-hydrogen) atoms. The van der Waals surface area contributed by atoms with Crippen molar-refractivity contribution < 1.29 is 4.79 Å². The van der Waals surface area contributed by atoms with Crippen LogP contribution in [0, 0.1) is 5.92 Å². The van der Waals surface area contributed by atoms with Crippen LogP contribution >= 0.6 is 0 Å². The van der Waals surface area contributed by atoms with E-state index in [0.29, 0.717) is 12.3 Å². The Bertz CT molecular complexity index is 195. The van der Waals surface area contributed by atoms with Gasteiger partial charge in [0.25, 0.3) is 0 Å². The van der Waals surface area contributed by atoms with Crippen LogP contribution < -0.4 is 10.6 Å². The van der Waals surface area contributed by atoms with Crippen molar-refractivity contribution in [2.75, 3.05) is 34.2 Å². The lowest BCUT2D eigenvalue weighted by atomic mass is 10.0. The van der Waals surface area contributed by atoms with Gasteiger partial charge in [0.1, 0.15) is 0 Å². The average Bonchev–Trinajstić information content (AvgIpc) is 2.15. The third kappa shape index (κ3) is 10.3. The standard InChI is InChI=1S/C13H29N3O/c1-11(2)9-12(10-16(4)5)15-13(17)7-6-8-14-3/h11-12,14H,6-10H2,1-5H3,(H,15,17). The highest BCUT2D eigenvalue weighted by molar-refractivity contribution is 5.76. The summed E-state index contributed by atoms with van der Waals surface area (Å²) in [4.78, 5) is 13.9. The number of hydrogen-bond donors (Lipinski definition) is 2. The number of hydrogen-bond acceptors (Lipinski definition) is 3. The summed E-state index contributed by atoms with van der Waals surface area (Å²) in [6.45, 7) is 6.19. The van der Waals surface area contributed by atoms with Crippen LogP contribution in [0.25, 0.3) is 0 Å². The van der Waals surface area contributed by atoms with E-state index >= 15 is 0 Å². The molecule has 0 fully saturated rings. The number of likely N-dealkylation sites (N-methyl/N-ethyl adjacent to an activating group) is 1. The van der Waals surface area contributed by atoms with Crippen LogP contribution in [-0.2, 0) is 4.79 Å². The Labute approximate surface area is 106 Å². The molecule has 0 saturated carbocycles. The normalized spacial score (nSPS) is 13.1. The topological polar surface area (TPSA) is 44.4 Å². The predicted molar refractivity (Wildman–Crippen MR) is 73.1 cm³/mol. The number of carbonyl (C=O) groups is 1. The number of carbonyl (C=O) groups excluding carboxylic acids is 1. The molecule has 0 aromatic rings. The molecule has 2 N–H and O–H groups in total. The van der Waals surface area contributed by atoms with E-state index in [1.54, 1.807) is 0 Å². The first-order valence-corrected chi connectivity index (χ1v) is 6.54. The molecular formula is C13H29N3O. The minimum Gasteiger partial charge on any atom is -0.352 e. The van der Waals surface area contributed by atoms with Crippen molar-refractivity contribution >= 4 is 5.91 Å². The Morgan fingerprint density at radius 3 is 2.41 bits per heavy atom. The van der Waals surface area contributed by atoms with Gasteiger partial charge in [-0.3, -0.25) is 4.79 Å². The fourth-order valence-corrected chi connectivity index (χ4v) is 1.91. The van der Waals surface area contributed by atoms with Gasteiger partial charge in [0, 0.05) is 19.0 Å². The zero-order valence-electron chi connectivity index (χ0n) is 12.0. The summed E-state index contributed by atoms with van der Waals surface area (Å²) in [7, 11) is 5.99. The van der Waals surface area contributed by atoms with Gasteiger partial charge >= 0.3 is 0 Å². The minimum atomic E-state index is 0.174. The molecule has 0 aliphatic rings. The van der Waals surface area contributed by atoms with Crippen LogP contribution in [0.4, 0.5) is 0 Å². The van der Waals surface area contributed by atoms with E-state index in [9.17, 15) is 4.79 Å². The number of rotatable bonds is 9. The Kier molecular flexibility index (Phi) is 9.09. The van der Waals surface area contributed by atoms with Gasteiger partial charge in [0.15, 0.2) is 0 Å². The first-order chi connectivity index (χ1) is 7.95. The molecule has 0 spiro atoms. The SMILES string of the molecule is CNCCCC(=O)NC(CC(C)C)CN(C)C. The second-order valence-corrected chi connectivity index (χ2v) is 5.36. The Morgan fingerprint density at radius 1 is 1.29 bits per heavy atom. The number of nitrogens with one attached hydrogen (secondary N) is 2. The molecule has 0 heterocycles. The molecule has 1 unspecified atom stereocenters. The summed E-state index contributed by atoms with van der Waals surface area (Å²) in [6.07, 6.45) is 2.55. The quantitative estimate of drug-likeness (QED) is 0.596. The van der Waals surface area contributed by atoms with Crippen LogP contribution in [0.15, 0.2) is 0 Å². The molecule has 4 heteroatoms. The molecule has 1 amide bonds. The van der Waals surface area contributed by atoms with Gasteiger partial charge < -0.3 is 15.5 Å². The molecule has 0 aromatic heterocycles. The molecular weight excluding hydrogens is 214 g/mol. The monoisotopic (exact) mass is 243 g/mol. The van der Waals surface area contributed by atoms with Crippen molar-refractivity contribution in [3.8, 4) is 0 Å². The Hall–Kier alpha value is -0.610. The van der Waals surface area contributed by atoms with E-state index in [2.05, 4.69) is 29.4 Å². The summed E-state index contributed by atoms with van der Waals surface area (Å²) in [6, 6.07) is 0.270. The highest BCUT2D eigenvalue weighted by Crippen LogP contribution is 2.06. The summed E-state index contributed by atoms with van der Waals surface area (Å²) >= 11 is 0. The fourth-order valence-electron chi connectivity index (χ4n) is 1.91. The lowest BCUT2D eigenvalue weighted by Gasteiger charge is -2.24. The van der Waals surface area contributed by atoms with Gasteiger partial charge in [-0.25, -0.2) is 0 Å². The summed E-state index contributed by atoms with van der Waals surface area (Å²) < 4.78 is 0. The molecule has 1 atom stereocenters. The van der Waals surface area contributed by atoms with Crippen LogP contribution in [0.3, 0.4) is 0 Å². The van der Waals surface area contributed by atoms with Crippen molar-refractivity contribution in [3.05, 3.63) is 0 Å². The molecule has 0 aliphatic heterocycles. The first kappa shape index (κ1) is 16.4. The zero-order valence-corrected chi connectivity index (χ0v) is 12.0. The minimum absolute atomic E-state index is 0.174. The summed E-state index contributed by atoms with van der Waals surface area (Å²) in [5.74, 6) is 0.783. The Morgan fingerprint density at radius 2 is 1.94 bits per heavy atom. The summed E-state index contributed by atoms with van der Waals surface area (Å²) in [5.41, 5.74) is 0. The molecule has 4 nitrogen and oxygen atoms in total. The van der Waals surface area contributed by atoms with E-state index in [0.717, 1.165) is 25.9 Å². The van der Waals surface area contributed by atoms with Gasteiger partial charge in [0.05, 0.1) is 0 Å². The predicted octanol–water partition coefficient (Wildman–Crippen LogP) is 1.08. The van der Waals surface area contributed by atoms with Gasteiger partial charge in [-0.2, -0.15) is 0 Å². The Balaban J connectivity index is 3.99. The molecule has 0 saturated heterocycles. The van der Waals surface area contributed by atoms with Gasteiger partial charge in [-0.1, -0.05) is 13.8 Å². The van der Waals surface area contributed by atoms with E-state index in [4.69, 9.17) is 0 Å². The average molecular weight is 243 g/mol. The van der Waals surface area contributed by atoms with Crippen molar-refractivity contribution in [2.24, 2.45) is 5.92 Å². The summed E-state index contributed by atoms with van der Waals surface area (Å²) in [5, 5.41) is 6.18. The van der Waals surface area contributed by atoms with Crippen LogP contribution in [0.5, 0.6) is 0 Å². The third-order valence-electron chi connectivity index (χ3n) is 2.54.